The zero-order valence-electron chi connectivity index (χ0n) is 27.9. The molecule has 12 nitrogen and oxygen atoms in total. The van der Waals surface area contributed by atoms with Gasteiger partial charge >= 0.3 is 12.0 Å². The van der Waals surface area contributed by atoms with E-state index in [1.807, 2.05) is 24.3 Å². The summed E-state index contributed by atoms with van der Waals surface area (Å²) >= 11 is 12.2. The lowest BCUT2D eigenvalue weighted by Crippen LogP contribution is -2.45. The molecule has 0 unspecified atom stereocenters. The first kappa shape index (κ1) is 36.9. The summed E-state index contributed by atoms with van der Waals surface area (Å²) in [6, 6.07) is 14.7. The van der Waals surface area contributed by atoms with E-state index < -0.39 is 23.9 Å². The van der Waals surface area contributed by atoms with Gasteiger partial charge in [-0.2, -0.15) is 5.10 Å². The van der Waals surface area contributed by atoms with Crippen molar-refractivity contribution in [3.05, 3.63) is 92.6 Å². The Hall–Kier alpha value is -4.94. The van der Waals surface area contributed by atoms with Crippen molar-refractivity contribution in [3.8, 4) is 17.2 Å². The van der Waals surface area contributed by atoms with E-state index in [0.717, 1.165) is 24.3 Å². The van der Waals surface area contributed by atoms with Crippen molar-refractivity contribution in [2.24, 2.45) is 5.10 Å². The number of hydrazone groups is 1. The molecule has 260 valence electrons. The SMILES string of the molecule is CCOC(=O)C1=C(C)NC(=O)N[C@H]1c1ccc(OCC(=O)N/N=C/c2ccc(N(CC)CC)cc2OCc2ccc(Cl)c(Cl)c2)c(OC)c1. The largest absolute Gasteiger partial charge is 0.493 e. The van der Waals surface area contributed by atoms with Crippen LogP contribution in [0.25, 0.3) is 0 Å². The van der Waals surface area contributed by atoms with Gasteiger partial charge in [0.05, 0.1) is 41.6 Å². The molecule has 1 atom stereocenters. The van der Waals surface area contributed by atoms with Crippen LogP contribution >= 0.6 is 23.2 Å². The molecular weight excluding hydrogens is 673 g/mol. The van der Waals surface area contributed by atoms with E-state index in [2.05, 4.69) is 39.9 Å². The highest BCUT2D eigenvalue weighted by molar-refractivity contribution is 6.42. The number of ether oxygens (including phenoxy) is 4. The van der Waals surface area contributed by atoms with E-state index in [1.165, 1.54) is 13.3 Å². The monoisotopic (exact) mass is 711 g/mol. The Bertz CT molecular complexity index is 1740. The van der Waals surface area contributed by atoms with Crippen molar-refractivity contribution in [2.75, 3.05) is 38.3 Å². The Morgan fingerprint density at radius 3 is 2.43 bits per heavy atom. The van der Waals surface area contributed by atoms with E-state index in [1.54, 1.807) is 44.2 Å². The van der Waals surface area contributed by atoms with Crippen molar-refractivity contribution in [1.82, 2.24) is 16.1 Å². The minimum absolute atomic E-state index is 0.177. The molecule has 0 fully saturated rings. The third-order valence-corrected chi connectivity index (χ3v) is 8.28. The Balaban J connectivity index is 1.44. The summed E-state index contributed by atoms with van der Waals surface area (Å²) in [5.41, 5.74) is 6.14. The van der Waals surface area contributed by atoms with Crippen molar-refractivity contribution in [1.29, 1.82) is 0 Å². The maximum atomic E-state index is 12.7. The molecule has 1 aliphatic rings. The fraction of sp³-hybridized carbons (Fsp3) is 0.314. The summed E-state index contributed by atoms with van der Waals surface area (Å²) < 4.78 is 22.6. The fourth-order valence-corrected chi connectivity index (χ4v) is 5.41. The lowest BCUT2D eigenvalue weighted by molar-refractivity contribution is -0.139. The highest BCUT2D eigenvalue weighted by Gasteiger charge is 2.32. The van der Waals surface area contributed by atoms with Gasteiger partial charge in [0.1, 0.15) is 12.4 Å². The lowest BCUT2D eigenvalue weighted by atomic mass is 9.95. The van der Waals surface area contributed by atoms with Crippen LogP contribution in [0.4, 0.5) is 10.5 Å². The number of amides is 3. The van der Waals surface area contributed by atoms with E-state index in [4.69, 9.17) is 42.1 Å². The smallest absolute Gasteiger partial charge is 0.338 e. The number of nitrogens with zero attached hydrogens (tertiary/aromatic N) is 2. The molecule has 0 aromatic heterocycles. The summed E-state index contributed by atoms with van der Waals surface area (Å²) in [7, 11) is 1.44. The molecule has 0 spiro atoms. The van der Waals surface area contributed by atoms with Crippen LogP contribution in [0, 0.1) is 0 Å². The number of esters is 1. The van der Waals surface area contributed by atoms with Gasteiger partial charge < -0.3 is 34.5 Å². The molecule has 3 amide bonds. The molecule has 3 aromatic rings. The predicted molar refractivity (Wildman–Crippen MR) is 189 cm³/mol. The number of hydrogen-bond donors (Lipinski definition) is 3. The molecular formula is C35H39Cl2N5O7. The minimum Gasteiger partial charge on any atom is -0.493 e. The van der Waals surface area contributed by atoms with Crippen LogP contribution in [0.1, 0.15) is 50.4 Å². The summed E-state index contributed by atoms with van der Waals surface area (Å²) in [5, 5.41) is 10.4. The molecule has 0 saturated carbocycles. The van der Waals surface area contributed by atoms with Gasteiger partial charge in [0.2, 0.25) is 0 Å². The number of rotatable bonds is 15. The number of urea groups is 1. The first-order valence-electron chi connectivity index (χ1n) is 15.6. The number of anilines is 1. The highest BCUT2D eigenvalue weighted by atomic mass is 35.5. The van der Waals surface area contributed by atoms with E-state index in [0.29, 0.717) is 38.4 Å². The summed E-state index contributed by atoms with van der Waals surface area (Å²) in [5.74, 6) is 0.0531. The van der Waals surface area contributed by atoms with E-state index in [9.17, 15) is 14.4 Å². The van der Waals surface area contributed by atoms with Gasteiger partial charge in [-0.3, -0.25) is 4.79 Å². The molecule has 0 bridgehead atoms. The normalized spacial score (nSPS) is 14.2. The minimum atomic E-state index is -0.785. The molecule has 0 aliphatic carbocycles. The Labute approximate surface area is 295 Å². The van der Waals surface area contributed by atoms with Gasteiger partial charge in [0.25, 0.3) is 5.91 Å². The second kappa shape index (κ2) is 17.5. The first-order valence-corrected chi connectivity index (χ1v) is 16.4. The van der Waals surface area contributed by atoms with Gasteiger partial charge in [0, 0.05) is 36.1 Å². The third kappa shape index (κ3) is 9.58. The average molecular weight is 713 g/mol. The maximum absolute atomic E-state index is 12.7. The van der Waals surface area contributed by atoms with Gasteiger partial charge in [-0.05, 0) is 75.2 Å². The molecule has 1 aliphatic heterocycles. The summed E-state index contributed by atoms with van der Waals surface area (Å²) in [4.78, 5) is 39.8. The van der Waals surface area contributed by atoms with Gasteiger partial charge in [-0.15, -0.1) is 0 Å². The standard InChI is InChI=1S/C35H39Cl2N5O7/c1-6-42(7-2)25-12-10-24(29(17-25)48-19-22-9-13-26(36)27(37)15-22)18-38-41-31(43)20-49-28-14-11-23(16-30(28)46-5)33-32(34(44)47-8-3)21(4)39-35(45)40-33/h9-18,33H,6-8,19-20H2,1-5H3,(H,41,43)(H2,39,40,45)/b38-18+/t33-/m0/s1. The average Bonchev–Trinajstić information content (AvgIpc) is 3.08. The molecule has 0 saturated heterocycles. The molecule has 0 radical (unpaired) electrons. The number of allylic oxidation sites excluding steroid dienone is 1. The van der Waals surface area contributed by atoms with Crippen LogP contribution in [0.15, 0.2) is 71.0 Å². The van der Waals surface area contributed by atoms with Crippen molar-refractivity contribution in [3.63, 3.8) is 0 Å². The Kier molecular flexibility index (Phi) is 13.1. The lowest BCUT2D eigenvalue weighted by Gasteiger charge is -2.28. The topological polar surface area (TPSA) is 140 Å². The van der Waals surface area contributed by atoms with Crippen molar-refractivity contribution >= 4 is 53.0 Å². The second-order valence-corrected chi connectivity index (χ2v) is 11.5. The van der Waals surface area contributed by atoms with Crippen LogP contribution in [-0.4, -0.2) is 57.5 Å². The number of carbonyl (C=O) groups is 3. The predicted octanol–water partition coefficient (Wildman–Crippen LogP) is 6.15. The Morgan fingerprint density at radius 1 is 0.959 bits per heavy atom. The second-order valence-electron chi connectivity index (χ2n) is 10.7. The fourth-order valence-electron chi connectivity index (χ4n) is 5.09. The summed E-state index contributed by atoms with van der Waals surface area (Å²) in [6.07, 6.45) is 1.49. The van der Waals surface area contributed by atoms with Crippen molar-refractivity contribution in [2.45, 2.75) is 40.3 Å². The van der Waals surface area contributed by atoms with E-state index in [-0.39, 0.29) is 31.1 Å². The molecule has 3 N–H and O–H groups in total. The quantitative estimate of drug-likeness (QED) is 0.0970. The van der Waals surface area contributed by atoms with Crippen LogP contribution in [0.3, 0.4) is 0 Å². The number of nitrogens with one attached hydrogen (secondary N) is 3. The number of methoxy groups -OCH3 is 1. The third-order valence-electron chi connectivity index (χ3n) is 7.54. The van der Waals surface area contributed by atoms with Crippen LogP contribution in [0.2, 0.25) is 10.0 Å². The Morgan fingerprint density at radius 2 is 1.73 bits per heavy atom. The van der Waals surface area contributed by atoms with Crippen LogP contribution < -0.4 is 35.2 Å². The maximum Gasteiger partial charge on any atom is 0.338 e. The molecule has 4 rings (SSSR count). The number of hydrogen-bond acceptors (Lipinski definition) is 9. The van der Waals surface area contributed by atoms with Crippen LogP contribution in [-0.2, 0) is 20.9 Å². The molecule has 1 heterocycles. The van der Waals surface area contributed by atoms with E-state index >= 15 is 0 Å². The zero-order valence-corrected chi connectivity index (χ0v) is 29.4. The number of carbonyl (C=O) groups excluding carboxylic acids is 3. The van der Waals surface area contributed by atoms with Crippen LogP contribution in [0.5, 0.6) is 17.2 Å². The highest BCUT2D eigenvalue weighted by Crippen LogP contribution is 2.35. The van der Waals surface area contributed by atoms with Crippen molar-refractivity contribution < 1.29 is 33.3 Å². The zero-order chi connectivity index (χ0) is 35.5. The summed E-state index contributed by atoms with van der Waals surface area (Å²) in [6.45, 7) is 9.16. The first-order chi connectivity index (χ1) is 23.6. The number of benzene rings is 3. The molecule has 3 aromatic carbocycles. The van der Waals surface area contributed by atoms with Gasteiger partial charge in [0.15, 0.2) is 18.1 Å². The molecule has 49 heavy (non-hydrogen) atoms. The number of halogens is 2. The van der Waals surface area contributed by atoms with Gasteiger partial charge in [-0.1, -0.05) is 35.3 Å². The van der Waals surface area contributed by atoms with Gasteiger partial charge in [-0.25, -0.2) is 15.0 Å². The molecule has 14 heteroatoms.